The molecular formula is C14H19FN2O2S. The Morgan fingerprint density at radius 1 is 1.25 bits per heavy atom. The van der Waals surface area contributed by atoms with Crippen molar-refractivity contribution in [1.29, 1.82) is 0 Å². The lowest BCUT2D eigenvalue weighted by molar-refractivity contribution is 0.383. The van der Waals surface area contributed by atoms with Crippen molar-refractivity contribution in [2.45, 2.75) is 43.2 Å². The molecule has 3 rings (SSSR count). The molecule has 1 aromatic rings. The summed E-state index contributed by atoms with van der Waals surface area (Å²) in [5.41, 5.74) is 0.362. The third-order valence-corrected chi connectivity index (χ3v) is 6.11. The summed E-state index contributed by atoms with van der Waals surface area (Å²) in [6.45, 7) is 2.63. The van der Waals surface area contributed by atoms with Gasteiger partial charge in [-0.3, -0.25) is 0 Å². The van der Waals surface area contributed by atoms with Gasteiger partial charge in [0.15, 0.2) is 0 Å². The van der Waals surface area contributed by atoms with Crippen LogP contribution in [-0.2, 0) is 10.0 Å². The van der Waals surface area contributed by atoms with Crippen molar-refractivity contribution in [3.63, 3.8) is 0 Å². The highest BCUT2D eigenvalue weighted by atomic mass is 32.2. The van der Waals surface area contributed by atoms with E-state index in [0.717, 1.165) is 19.3 Å². The average molecular weight is 298 g/mol. The minimum Gasteiger partial charge on any atom is -0.310 e. The van der Waals surface area contributed by atoms with Gasteiger partial charge in [0.05, 0.1) is 4.90 Å². The van der Waals surface area contributed by atoms with E-state index < -0.39 is 10.0 Å². The largest absolute Gasteiger partial charge is 0.310 e. The second-order valence-electron chi connectivity index (χ2n) is 5.70. The van der Waals surface area contributed by atoms with Gasteiger partial charge in [-0.1, -0.05) is 0 Å². The van der Waals surface area contributed by atoms with Gasteiger partial charge < -0.3 is 5.32 Å². The molecule has 2 aliphatic rings. The Morgan fingerprint density at radius 2 is 2.00 bits per heavy atom. The first-order chi connectivity index (χ1) is 9.46. The minimum atomic E-state index is -3.52. The van der Waals surface area contributed by atoms with E-state index >= 15 is 0 Å². The molecule has 1 N–H and O–H groups in total. The Hall–Kier alpha value is -0.980. The van der Waals surface area contributed by atoms with Crippen molar-refractivity contribution in [3.8, 4) is 0 Å². The first-order valence-electron chi connectivity index (χ1n) is 6.99. The van der Waals surface area contributed by atoms with Crippen molar-refractivity contribution in [1.82, 2.24) is 9.62 Å². The number of rotatable bonds is 2. The number of nitrogens with one attached hydrogen (secondary N) is 1. The molecule has 2 unspecified atom stereocenters. The predicted octanol–water partition coefficient (Wildman–Crippen LogP) is 1.65. The first kappa shape index (κ1) is 14.0. The molecule has 0 aromatic heterocycles. The van der Waals surface area contributed by atoms with Gasteiger partial charge >= 0.3 is 0 Å². The van der Waals surface area contributed by atoms with E-state index in [2.05, 4.69) is 5.32 Å². The predicted molar refractivity (Wildman–Crippen MR) is 74.5 cm³/mol. The molecule has 2 atom stereocenters. The van der Waals surface area contributed by atoms with Crippen molar-refractivity contribution in [3.05, 3.63) is 29.6 Å². The first-order valence-corrected chi connectivity index (χ1v) is 8.43. The van der Waals surface area contributed by atoms with Crippen LogP contribution >= 0.6 is 0 Å². The maximum atomic E-state index is 13.3. The Morgan fingerprint density at radius 3 is 2.75 bits per heavy atom. The van der Waals surface area contributed by atoms with E-state index in [4.69, 9.17) is 0 Å². The number of fused-ring (bicyclic) bond motifs is 2. The summed E-state index contributed by atoms with van der Waals surface area (Å²) in [4.78, 5) is 0.189. The Bertz CT molecular complexity index is 618. The third-order valence-electron chi connectivity index (χ3n) is 4.25. The van der Waals surface area contributed by atoms with E-state index in [9.17, 15) is 12.8 Å². The normalized spacial score (nSPS) is 27.5. The van der Waals surface area contributed by atoms with Crippen molar-refractivity contribution >= 4 is 10.0 Å². The summed E-state index contributed by atoms with van der Waals surface area (Å²) in [5.74, 6) is -0.375. The van der Waals surface area contributed by atoms with Crippen LogP contribution < -0.4 is 5.32 Å². The maximum absolute atomic E-state index is 13.3. The van der Waals surface area contributed by atoms with Crippen LogP contribution in [0.15, 0.2) is 23.1 Å². The molecule has 0 radical (unpaired) electrons. The lowest BCUT2D eigenvalue weighted by atomic mass is 10.1. The average Bonchev–Trinajstić information content (AvgIpc) is 2.71. The van der Waals surface area contributed by atoms with E-state index in [0.29, 0.717) is 24.7 Å². The molecule has 20 heavy (non-hydrogen) atoms. The molecule has 110 valence electrons. The number of benzene rings is 1. The fourth-order valence-electron chi connectivity index (χ4n) is 3.06. The van der Waals surface area contributed by atoms with Gasteiger partial charge in [0.1, 0.15) is 5.82 Å². The Balaban J connectivity index is 1.89. The molecule has 2 bridgehead atoms. The highest BCUT2D eigenvalue weighted by Gasteiger charge is 2.34. The molecular weight excluding hydrogens is 279 g/mol. The van der Waals surface area contributed by atoms with Gasteiger partial charge in [0.25, 0.3) is 0 Å². The Labute approximate surface area is 119 Å². The zero-order chi connectivity index (χ0) is 14.3. The minimum absolute atomic E-state index is 0.189. The zero-order valence-electron chi connectivity index (χ0n) is 11.5. The third kappa shape index (κ3) is 2.47. The van der Waals surface area contributed by atoms with E-state index in [1.165, 1.54) is 22.5 Å². The molecule has 0 saturated carbocycles. The molecule has 6 heteroatoms. The summed E-state index contributed by atoms with van der Waals surface area (Å²) in [7, 11) is -3.52. The SMILES string of the molecule is Cc1cc(S(=O)(=O)N2CCC3CCC(C2)N3)ccc1F. The molecule has 0 spiro atoms. The van der Waals surface area contributed by atoms with Crippen LogP contribution in [0, 0.1) is 12.7 Å². The molecule has 4 nitrogen and oxygen atoms in total. The molecule has 2 fully saturated rings. The van der Waals surface area contributed by atoms with Crippen molar-refractivity contribution < 1.29 is 12.8 Å². The molecule has 1 aromatic carbocycles. The Kier molecular flexibility index (Phi) is 3.56. The zero-order valence-corrected chi connectivity index (χ0v) is 12.3. The quantitative estimate of drug-likeness (QED) is 0.903. The maximum Gasteiger partial charge on any atom is 0.243 e. The monoisotopic (exact) mass is 298 g/mol. The van der Waals surface area contributed by atoms with E-state index in [-0.39, 0.29) is 16.8 Å². The lowest BCUT2D eigenvalue weighted by Crippen LogP contribution is -2.39. The standard InChI is InChI=1S/C14H19FN2O2S/c1-10-8-13(4-5-14(10)15)20(18,19)17-7-6-11-2-3-12(9-17)16-11/h4-5,8,11-12,16H,2-3,6-7,9H2,1H3. The van der Waals surface area contributed by atoms with Crippen LogP contribution in [0.5, 0.6) is 0 Å². The number of hydrogen-bond acceptors (Lipinski definition) is 3. The summed E-state index contributed by atoms with van der Waals surface area (Å²) in [6, 6.07) is 4.69. The van der Waals surface area contributed by atoms with Crippen LogP contribution in [0.3, 0.4) is 0 Å². The smallest absolute Gasteiger partial charge is 0.243 e. The summed E-state index contributed by atoms with van der Waals surface area (Å²) in [5, 5.41) is 3.46. The number of hydrogen-bond donors (Lipinski definition) is 1. The topological polar surface area (TPSA) is 49.4 Å². The molecule has 2 heterocycles. The molecule has 0 amide bonds. The molecule has 2 saturated heterocycles. The fourth-order valence-corrected chi connectivity index (χ4v) is 4.64. The van der Waals surface area contributed by atoms with Crippen LogP contribution in [-0.4, -0.2) is 37.9 Å². The van der Waals surface area contributed by atoms with Gasteiger partial charge in [-0.15, -0.1) is 0 Å². The molecule has 2 aliphatic heterocycles. The number of sulfonamides is 1. The summed E-state index contributed by atoms with van der Waals surface area (Å²) < 4.78 is 40.1. The van der Waals surface area contributed by atoms with Gasteiger partial charge in [0.2, 0.25) is 10.0 Å². The van der Waals surface area contributed by atoms with Crippen LogP contribution in [0.4, 0.5) is 4.39 Å². The summed E-state index contributed by atoms with van der Waals surface area (Å²) in [6.07, 6.45) is 3.00. The van der Waals surface area contributed by atoms with Gasteiger partial charge in [-0.05, 0) is 49.9 Å². The summed E-state index contributed by atoms with van der Waals surface area (Å²) >= 11 is 0. The second-order valence-corrected chi connectivity index (χ2v) is 7.64. The highest BCUT2D eigenvalue weighted by molar-refractivity contribution is 7.89. The van der Waals surface area contributed by atoms with Crippen LogP contribution in [0.2, 0.25) is 0 Å². The van der Waals surface area contributed by atoms with E-state index in [1.54, 1.807) is 6.92 Å². The second kappa shape index (κ2) is 5.09. The number of nitrogens with zero attached hydrogens (tertiary/aromatic N) is 1. The van der Waals surface area contributed by atoms with Crippen LogP contribution in [0.25, 0.3) is 0 Å². The number of halogens is 1. The number of aryl methyl sites for hydroxylation is 1. The van der Waals surface area contributed by atoms with Crippen molar-refractivity contribution in [2.24, 2.45) is 0 Å². The van der Waals surface area contributed by atoms with Gasteiger partial charge in [-0.25, -0.2) is 12.8 Å². The van der Waals surface area contributed by atoms with Crippen LogP contribution in [0.1, 0.15) is 24.8 Å². The molecule has 0 aliphatic carbocycles. The fraction of sp³-hybridized carbons (Fsp3) is 0.571. The lowest BCUT2D eigenvalue weighted by Gasteiger charge is -2.23. The van der Waals surface area contributed by atoms with Crippen molar-refractivity contribution in [2.75, 3.05) is 13.1 Å². The van der Waals surface area contributed by atoms with E-state index in [1.807, 2.05) is 0 Å². The van der Waals surface area contributed by atoms with Gasteiger partial charge in [0, 0.05) is 25.2 Å². The van der Waals surface area contributed by atoms with Gasteiger partial charge in [-0.2, -0.15) is 4.31 Å². The highest BCUT2D eigenvalue weighted by Crippen LogP contribution is 2.25.